The van der Waals surface area contributed by atoms with Gasteiger partial charge in [0.1, 0.15) is 11.6 Å². The Labute approximate surface area is 100 Å². The zero-order valence-corrected chi connectivity index (χ0v) is 10.2. The number of furan rings is 1. The summed E-state index contributed by atoms with van der Waals surface area (Å²) in [4.78, 5) is 4.16. The largest absolute Gasteiger partial charge is 0.469 e. The maximum atomic E-state index is 5.50. The van der Waals surface area contributed by atoms with Crippen LogP contribution in [-0.4, -0.2) is 15.2 Å². The van der Waals surface area contributed by atoms with Crippen molar-refractivity contribution >= 4 is 5.95 Å². The van der Waals surface area contributed by atoms with E-state index < -0.39 is 0 Å². The lowest BCUT2D eigenvalue weighted by molar-refractivity contribution is 0.411. The summed E-state index contributed by atoms with van der Waals surface area (Å²) in [6, 6.07) is 3.92. The van der Waals surface area contributed by atoms with E-state index in [0.717, 1.165) is 24.4 Å². The van der Waals surface area contributed by atoms with Gasteiger partial charge in [0.2, 0.25) is 5.95 Å². The number of aryl methyl sites for hydroxylation is 1. The highest BCUT2D eigenvalue weighted by atomic mass is 16.3. The maximum absolute atomic E-state index is 5.50. The number of anilines is 1. The van der Waals surface area contributed by atoms with Crippen LogP contribution in [-0.2, 0) is 6.42 Å². The first kappa shape index (κ1) is 11.7. The van der Waals surface area contributed by atoms with Crippen LogP contribution < -0.4 is 5.73 Å². The molecule has 2 atom stereocenters. The molecule has 2 aromatic heterocycles. The van der Waals surface area contributed by atoms with Gasteiger partial charge in [-0.1, -0.05) is 13.8 Å². The van der Waals surface area contributed by atoms with Crippen molar-refractivity contribution in [2.75, 3.05) is 5.73 Å². The quantitative estimate of drug-likeness (QED) is 0.832. The number of nitrogens with two attached hydrogens (primary N) is 1. The molecular weight excluding hydrogens is 216 g/mol. The van der Waals surface area contributed by atoms with E-state index in [1.807, 2.05) is 12.1 Å². The summed E-state index contributed by atoms with van der Waals surface area (Å²) in [5.41, 5.74) is 5.50. The van der Waals surface area contributed by atoms with E-state index in [-0.39, 0.29) is 0 Å². The van der Waals surface area contributed by atoms with Gasteiger partial charge < -0.3 is 10.2 Å². The number of nitrogen functional groups attached to an aromatic ring is 1. The molecule has 0 fully saturated rings. The number of aromatic nitrogens is 3. The summed E-state index contributed by atoms with van der Waals surface area (Å²) in [6.45, 7) is 4.33. The second-order valence-corrected chi connectivity index (χ2v) is 4.46. The van der Waals surface area contributed by atoms with E-state index in [4.69, 9.17) is 10.2 Å². The third kappa shape index (κ3) is 2.87. The van der Waals surface area contributed by atoms with Crippen LogP contribution in [0.2, 0.25) is 0 Å². The molecule has 2 unspecified atom stereocenters. The zero-order valence-electron chi connectivity index (χ0n) is 10.2. The Kier molecular flexibility index (Phi) is 3.46. The van der Waals surface area contributed by atoms with Crippen molar-refractivity contribution in [3.8, 4) is 0 Å². The van der Waals surface area contributed by atoms with Gasteiger partial charge in [0.15, 0.2) is 0 Å². The van der Waals surface area contributed by atoms with Crippen molar-refractivity contribution in [1.82, 2.24) is 15.2 Å². The molecule has 0 aromatic carbocycles. The van der Waals surface area contributed by atoms with Crippen molar-refractivity contribution in [2.45, 2.75) is 32.6 Å². The van der Waals surface area contributed by atoms with Crippen LogP contribution in [0.15, 0.2) is 22.8 Å². The fourth-order valence-corrected chi connectivity index (χ4v) is 1.84. The number of H-pyrrole nitrogens is 1. The molecule has 2 aromatic rings. The van der Waals surface area contributed by atoms with E-state index in [1.165, 1.54) is 0 Å². The molecule has 5 heteroatoms. The molecule has 0 aliphatic rings. The van der Waals surface area contributed by atoms with Gasteiger partial charge in [-0.2, -0.15) is 4.98 Å². The van der Waals surface area contributed by atoms with Gasteiger partial charge in [-0.3, -0.25) is 5.10 Å². The van der Waals surface area contributed by atoms with Crippen molar-refractivity contribution < 1.29 is 4.42 Å². The third-order valence-corrected chi connectivity index (χ3v) is 3.23. The Balaban J connectivity index is 1.89. The van der Waals surface area contributed by atoms with Crippen LogP contribution in [0.1, 0.15) is 37.8 Å². The summed E-state index contributed by atoms with van der Waals surface area (Å²) >= 11 is 0. The minimum Gasteiger partial charge on any atom is -0.469 e. The molecule has 0 bridgehead atoms. The van der Waals surface area contributed by atoms with Gasteiger partial charge in [-0.25, -0.2) is 0 Å². The second-order valence-electron chi connectivity index (χ2n) is 4.46. The summed E-state index contributed by atoms with van der Waals surface area (Å²) in [5.74, 6) is 3.00. The summed E-state index contributed by atoms with van der Waals surface area (Å²) < 4.78 is 5.32. The van der Waals surface area contributed by atoms with Crippen molar-refractivity contribution in [3.05, 3.63) is 30.0 Å². The highest BCUT2D eigenvalue weighted by molar-refractivity contribution is 5.14. The molecule has 0 saturated heterocycles. The van der Waals surface area contributed by atoms with E-state index in [2.05, 4.69) is 29.0 Å². The van der Waals surface area contributed by atoms with E-state index in [9.17, 15) is 0 Å². The van der Waals surface area contributed by atoms with Crippen LogP contribution in [0.4, 0.5) is 5.95 Å². The molecule has 0 amide bonds. The van der Waals surface area contributed by atoms with E-state index >= 15 is 0 Å². The summed E-state index contributed by atoms with van der Waals surface area (Å²) in [5, 5.41) is 6.72. The Morgan fingerprint density at radius 2 is 2.29 bits per heavy atom. The first-order valence-corrected chi connectivity index (χ1v) is 5.87. The Morgan fingerprint density at radius 1 is 1.47 bits per heavy atom. The molecule has 2 heterocycles. The van der Waals surface area contributed by atoms with Crippen molar-refractivity contribution in [3.63, 3.8) is 0 Å². The fourth-order valence-electron chi connectivity index (χ4n) is 1.84. The lowest BCUT2D eigenvalue weighted by Gasteiger charge is -2.16. The molecule has 3 N–H and O–H groups in total. The minimum absolute atomic E-state index is 0.310. The number of hydrogen-bond acceptors (Lipinski definition) is 4. The third-order valence-electron chi connectivity index (χ3n) is 3.23. The van der Waals surface area contributed by atoms with E-state index in [1.54, 1.807) is 6.26 Å². The van der Waals surface area contributed by atoms with E-state index in [0.29, 0.717) is 17.8 Å². The normalized spacial score (nSPS) is 14.7. The predicted octanol–water partition coefficient (Wildman–Crippen LogP) is 2.35. The average molecular weight is 234 g/mol. The molecule has 2 rings (SSSR count). The van der Waals surface area contributed by atoms with Crippen LogP contribution in [0.25, 0.3) is 0 Å². The highest BCUT2D eigenvalue weighted by Crippen LogP contribution is 2.25. The van der Waals surface area contributed by atoms with Crippen LogP contribution in [0, 0.1) is 5.92 Å². The monoisotopic (exact) mass is 234 g/mol. The minimum atomic E-state index is 0.310. The SMILES string of the molecule is CC(CCc1ccco1)C(C)c1nc(N)n[nH]1. The zero-order chi connectivity index (χ0) is 12.3. The van der Waals surface area contributed by atoms with Crippen LogP contribution >= 0.6 is 0 Å². The van der Waals surface area contributed by atoms with Crippen LogP contribution in [0.5, 0.6) is 0 Å². The van der Waals surface area contributed by atoms with Gasteiger partial charge in [0.25, 0.3) is 0 Å². The topological polar surface area (TPSA) is 80.7 Å². The smallest absolute Gasteiger partial charge is 0.239 e. The Morgan fingerprint density at radius 3 is 2.88 bits per heavy atom. The standard InChI is InChI=1S/C12H18N4O/c1-8(5-6-10-4-3-7-17-10)9(2)11-14-12(13)16-15-11/h3-4,7-9H,5-6H2,1-2H3,(H3,13,14,15,16). The number of nitrogens with one attached hydrogen (secondary N) is 1. The highest BCUT2D eigenvalue weighted by Gasteiger charge is 2.18. The lowest BCUT2D eigenvalue weighted by atomic mass is 9.90. The molecule has 92 valence electrons. The Hall–Kier alpha value is -1.78. The van der Waals surface area contributed by atoms with Gasteiger partial charge in [-0.15, -0.1) is 5.10 Å². The summed E-state index contributed by atoms with van der Waals surface area (Å²) in [7, 11) is 0. The molecule has 0 aliphatic heterocycles. The summed E-state index contributed by atoms with van der Waals surface area (Å²) in [6.07, 6.45) is 3.71. The molecule has 0 radical (unpaired) electrons. The maximum Gasteiger partial charge on any atom is 0.239 e. The molecule has 0 spiro atoms. The van der Waals surface area contributed by atoms with Gasteiger partial charge in [0, 0.05) is 12.3 Å². The first-order chi connectivity index (χ1) is 8.16. The number of hydrogen-bond donors (Lipinski definition) is 2. The lowest BCUT2D eigenvalue weighted by Crippen LogP contribution is -2.09. The molecule has 0 saturated carbocycles. The van der Waals surface area contributed by atoms with Gasteiger partial charge in [-0.05, 0) is 24.5 Å². The van der Waals surface area contributed by atoms with Crippen LogP contribution in [0.3, 0.4) is 0 Å². The molecule has 5 nitrogen and oxygen atoms in total. The predicted molar refractivity (Wildman–Crippen MR) is 65.4 cm³/mol. The number of nitrogens with zero attached hydrogens (tertiary/aromatic N) is 2. The second kappa shape index (κ2) is 5.03. The molecular formula is C12H18N4O. The average Bonchev–Trinajstić information content (AvgIpc) is 2.95. The molecule has 17 heavy (non-hydrogen) atoms. The molecule has 0 aliphatic carbocycles. The van der Waals surface area contributed by atoms with Crippen molar-refractivity contribution in [1.29, 1.82) is 0 Å². The first-order valence-electron chi connectivity index (χ1n) is 5.87. The van der Waals surface area contributed by atoms with Gasteiger partial charge >= 0.3 is 0 Å². The number of rotatable bonds is 5. The fraction of sp³-hybridized carbons (Fsp3) is 0.500. The van der Waals surface area contributed by atoms with Crippen molar-refractivity contribution in [2.24, 2.45) is 5.92 Å². The van der Waals surface area contributed by atoms with Gasteiger partial charge in [0.05, 0.1) is 6.26 Å². The Bertz CT molecular complexity index is 449. The number of aromatic amines is 1.